The molecule has 3 rings (SSSR count). The Labute approximate surface area is 167 Å². The van der Waals surface area contributed by atoms with Gasteiger partial charge in [0.05, 0.1) is 12.0 Å². The zero-order chi connectivity index (χ0) is 19.9. The average Bonchev–Trinajstić information content (AvgIpc) is 3.42. The molecule has 0 saturated carbocycles. The zero-order valence-electron chi connectivity index (χ0n) is 16.1. The Balaban J connectivity index is 1.66. The number of benzene rings is 1. The molecule has 0 N–H and O–H groups in total. The van der Waals surface area contributed by atoms with E-state index < -0.39 is 6.10 Å². The maximum atomic E-state index is 13.0. The quantitative estimate of drug-likeness (QED) is 0.539. The predicted octanol–water partition coefficient (Wildman–Crippen LogP) is 4.01. The Kier molecular flexibility index (Phi) is 6.65. The van der Waals surface area contributed by atoms with Crippen LogP contribution in [0, 0.1) is 0 Å². The summed E-state index contributed by atoms with van der Waals surface area (Å²) in [4.78, 5) is 19.9. The molecule has 0 spiro atoms. The van der Waals surface area contributed by atoms with Gasteiger partial charge in [0.15, 0.2) is 6.10 Å². The molecule has 0 aliphatic rings. The molecule has 28 heavy (non-hydrogen) atoms. The van der Waals surface area contributed by atoms with Crippen molar-refractivity contribution < 1.29 is 18.8 Å². The lowest BCUT2D eigenvalue weighted by molar-refractivity contribution is -0.139. The van der Waals surface area contributed by atoms with E-state index in [1.54, 1.807) is 36.3 Å². The number of aromatic nitrogens is 2. The normalized spacial score (nSPS) is 11.8. The second-order valence-electron chi connectivity index (χ2n) is 6.03. The van der Waals surface area contributed by atoms with E-state index in [9.17, 15) is 4.79 Å². The van der Waals surface area contributed by atoms with Gasteiger partial charge < -0.3 is 18.9 Å². The molecule has 1 aromatic carbocycles. The minimum Gasteiger partial charge on any atom is -0.497 e. The van der Waals surface area contributed by atoms with Crippen LogP contribution in [-0.4, -0.2) is 40.7 Å². The molecule has 0 saturated heterocycles. The molecular formula is C20H23N3O4S. The molecule has 2 aromatic heterocycles. The number of likely N-dealkylation sites (N-methyl/N-ethyl adjacent to an activating group) is 1. The van der Waals surface area contributed by atoms with Gasteiger partial charge in [-0.1, -0.05) is 18.1 Å². The van der Waals surface area contributed by atoms with Gasteiger partial charge in [0, 0.05) is 6.54 Å². The monoisotopic (exact) mass is 401 g/mol. The summed E-state index contributed by atoms with van der Waals surface area (Å²) in [5.41, 5.74) is 0. The highest BCUT2D eigenvalue weighted by Gasteiger charge is 2.25. The largest absolute Gasteiger partial charge is 0.497 e. The van der Waals surface area contributed by atoms with Gasteiger partial charge in [-0.05, 0) is 49.1 Å². The van der Waals surface area contributed by atoms with Gasteiger partial charge in [0.1, 0.15) is 18.0 Å². The molecule has 0 unspecified atom stereocenters. The molecule has 0 aliphatic heterocycles. The van der Waals surface area contributed by atoms with E-state index in [2.05, 4.69) is 10.1 Å². The third-order valence-corrected chi connectivity index (χ3v) is 5.08. The van der Waals surface area contributed by atoms with E-state index >= 15 is 0 Å². The van der Waals surface area contributed by atoms with Gasteiger partial charge in [-0.25, -0.2) is 0 Å². The summed E-state index contributed by atoms with van der Waals surface area (Å²) in [6, 6.07) is 11.0. The minimum atomic E-state index is -0.590. The summed E-state index contributed by atoms with van der Waals surface area (Å²) >= 11 is 1.54. The highest BCUT2D eigenvalue weighted by Crippen LogP contribution is 2.22. The van der Waals surface area contributed by atoms with Crippen LogP contribution in [0.1, 0.15) is 26.2 Å². The van der Waals surface area contributed by atoms with E-state index in [1.807, 2.05) is 31.4 Å². The highest BCUT2D eigenvalue weighted by atomic mass is 32.1. The SMILES string of the molecule is CC[C@H](Oc1ccc(OC)cc1)C(=O)N(CC)Cc1nc(-c2cccs2)no1. The number of carbonyl (C=O) groups excluding carboxylic acids is 1. The molecule has 148 valence electrons. The maximum absolute atomic E-state index is 13.0. The molecular weight excluding hydrogens is 378 g/mol. The number of ether oxygens (including phenoxy) is 2. The lowest BCUT2D eigenvalue weighted by atomic mass is 10.2. The van der Waals surface area contributed by atoms with Gasteiger partial charge >= 0.3 is 0 Å². The van der Waals surface area contributed by atoms with E-state index in [-0.39, 0.29) is 12.5 Å². The molecule has 1 atom stereocenters. The predicted molar refractivity (Wildman–Crippen MR) is 106 cm³/mol. The van der Waals surface area contributed by atoms with Gasteiger partial charge in [0.2, 0.25) is 11.7 Å². The molecule has 0 aliphatic carbocycles. The Hall–Kier alpha value is -2.87. The lowest BCUT2D eigenvalue weighted by Gasteiger charge is -2.25. The Morgan fingerprint density at radius 2 is 1.96 bits per heavy atom. The Bertz CT molecular complexity index is 877. The van der Waals surface area contributed by atoms with Gasteiger partial charge in [-0.2, -0.15) is 4.98 Å². The number of hydrogen-bond donors (Lipinski definition) is 0. The maximum Gasteiger partial charge on any atom is 0.264 e. The van der Waals surface area contributed by atoms with Gasteiger partial charge in [-0.15, -0.1) is 11.3 Å². The summed E-state index contributed by atoms with van der Waals surface area (Å²) in [7, 11) is 1.61. The molecule has 2 heterocycles. The summed E-state index contributed by atoms with van der Waals surface area (Å²) < 4.78 is 16.4. The van der Waals surface area contributed by atoms with E-state index in [1.165, 1.54) is 11.3 Å². The van der Waals surface area contributed by atoms with Crippen LogP contribution >= 0.6 is 11.3 Å². The van der Waals surface area contributed by atoms with Crippen LogP contribution in [0.4, 0.5) is 0 Å². The van der Waals surface area contributed by atoms with Crippen molar-refractivity contribution in [2.24, 2.45) is 0 Å². The van der Waals surface area contributed by atoms with Crippen molar-refractivity contribution in [3.05, 3.63) is 47.7 Å². The van der Waals surface area contributed by atoms with Crippen molar-refractivity contribution in [1.82, 2.24) is 15.0 Å². The fraction of sp³-hybridized carbons (Fsp3) is 0.350. The minimum absolute atomic E-state index is 0.114. The number of methoxy groups -OCH3 is 1. The topological polar surface area (TPSA) is 77.7 Å². The average molecular weight is 401 g/mol. The first-order chi connectivity index (χ1) is 13.6. The van der Waals surface area contributed by atoms with Gasteiger partial charge in [0.25, 0.3) is 5.91 Å². The standard InChI is InChI=1S/C20H23N3O4S/c1-4-16(26-15-10-8-14(25-3)9-11-15)20(24)23(5-2)13-18-21-19(22-27-18)17-7-6-12-28-17/h6-12,16H,4-5,13H2,1-3H3/t16-/m0/s1. The first-order valence-electron chi connectivity index (χ1n) is 9.10. The van der Waals surface area contributed by atoms with Crippen molar-refractivity contribution in [3.8, 4) is 22.2 Å². The van der Waals surface area contributed by atoms with Crippen molar-refractivity contribution >= 4 is 17.2 Å². The van der Waals surface area contributed by atoms with Crippen molar-refractivity contribution in [2.75, 3.05) is 13.7 Å². The number of amides is 1. The molecule has 0 radical (unpaired) electrons. The summed E-state index contributed by atoms with van der Waals surface area (Å²) in [5.74, 6) is 2.18. The lowest BCUT2D eigenvalue weighted by Crippen LogP contribution is -2.41. The van der Waals surface area contributed by atoms with E-state index in [0.29, 0.717) is 30.4 Å². The van der Waals surface area contributed by atoms with Gasteiger partial charge in [-0.3, -0.25) is 4.79 Å². The Morgan fingerprint density at radius 3 is 2.57 bits per heavy atom. The third-order valence-electron chi connectivity index (χ3n) is 4.21. The second-order valence-corrected chi connectivity index (χ2v) is 6.98. The van der Waals surface area contributed by atoms with Crippen molar-refractivity contribution in [3.63, 3.8) is 0 Å². The zero-order valence-corrected chi connectivity index (χ0v) is 16.9. The molecule has 3 aromatic rings. The third kappa shape index (κ3) is 4.69. The smallest absolute Gasteiger partial charge is 0.264 e. The Morgan fingerprint density at radius 1 is 1.21 bits per heavy atom. The van der Waals surface area contributed by atoms with Crippen LogP contribution in [0.3, 0.4) is 0 Å². The number of thiophene rings is 1. The summed E-state index contributed by atoms with van der Waals surface area (Å²) in [5, 5.41) is 5.95. The van der Waals surface area contributed by atoms with Crippen LogP contribution < -0.4 is 9.47 Å². The van der Waals surface area contributed by atoms with E-state index in [0.717, 1.165) is 10.6 Å². The fourth-order valence-corrected chi connectivity index (χ4v) is 3.31. The summed E-state index contributed by atoms with van der Waals surface area (Å²) in [6.07, 6.45) is -0.0425. The van der Waals surface area contributed by atoms with E-state index in [4.69, 9.17) is 14.0 Å². The van der Waals surface area contributed by atoms with Crippen LogP contribution in [0.5, 0.6) is 11.5 Å². The molecule has 0 bridgehead atoms. The van der Waals surface area contributed by atoms with Crippen LogP contribution in [0.15, 0.2) is 46.3 Å². The fourth-order valence-electron chi connectivity index (χ4n) is 2.66. The summed E-state index contributed by atoms with van der Waals surface area (Å²) in [6.45, 7) is 4.59. The number of nitrogens with zero attached hydrogens (tertiary/aromatic N) is 3. The first kappa shape index (κ1) is 19.9. The first-order valence-corrected chi connectivity index (χ1v) is 9.98. The number of rotatable bonds is 9. The van der Waals surface area contributed by atoms with Crippen molar-refractivity contribution in [2.45, 2.75) is 32.9 Å². The molecule has 7 nitrogen and oxygen atoms in total. The molecule has 1 amide bonds. The molecule has 8 heteroatoms. The highest BCUT2D eigenvalue weighted by molar-refractivity contribution is 7.13. The molecule has 0 fully saturated rings. The number of hydrogen-bond acceptors (Lipinski definition) is 7. The second kappa shape index (κ2) is 9.36. The number of carbonyl (C=O) groups is 1. The van der Waals surface area contributed by atoms with Crippen molar-refractivity contribution in [1.29, 1.82) is 0 Å². The van der Waals surface area contributed by atoms with Crippen LogP contribution in [0.2, 0.25) is 0 Å². The van der Waals surface area contributed by atoms with Crippen LogP contribution in [0.25, 0.3) is 10.7 Å². The van der Waals surface area contributed by atoms with Crippen LogP contribution in [-0.2, 0) is 11.3 Å².